The molecule has 1 amide bonds. The Kier molecular flexibility index (Phi) is 7.41. The lowest BCUT2D eigenvalue weighted by Gasteiger charge is -2.07. The van der Waals surface area contributed by atoms with Crippen LogP contribution in [0.3, 0.4) is 0 Å². The molecule has 6 heteroatoms. The van der Waals surface area contributed by atoms with E-state index in [0.717, 1.165) is 32.7 Å². The smallest absolute Gasteiger partial charge is 0.244 e. The number of nitrogens with one attached hydrogen (secondary N) is 1. The standard InChI is InChI=1S/C23H21BrN2O3/c1-28-21-11-7-17(8-12-21)14-23(27)26-25-15-19-3-2-4-22(13-19)29-16-18-5-9-20(24)10-6-18/h2-13,15H,14,16H2,1H3,(H,26,27)/b25-15-. The van der Waals surface area contributed by atoms with Crippen molar-refractivity contribution in [2.24, 2.45) is 5.10 Å². The molecule has 0 bridgehead atoms. The highest BCUT2D eigenvalue weighted by Crippen LogP contribution is 2.16. The molecule has 0 spiro atoms. The van der Waals surface area contributed by atoms with Crippen LogP contribution in [0.25, 0.3) is 0 Å². The SMILES string of the molecule is COc1ccc(CC(=O)N/N=C\c2cccc(OCc3ccc(Br)cc3)c2)cc1. The minimum Gasteiger partial charge on any atom is -0.497 e. The molecule has 0 aliphatic heterocycles. The number of hydrazone groups is 1. The van der Waals surface area contributed by atoms with Gasteiger partial charge in [-0.25, -0.2) is 5.43 Å². The van der Waals surface area contributed by atoms with Crippen LogP contribution in [0.1, 0.15) is 16.7 Å². The number of hydrogen-bond donors (Lipinski definition) is 1. The summed E-state index contributed by atoms with van der Waals surface area (Å²) in [5, 5.41) is 4.03. The van der Waals surface area contributed by atoms with Crippen LogP contribution < -0.4 is 14.9 Å². The first kappa shape index (κ1) is 20.6. The highest BCUT2D eigenvalue weighted by molar-refractivity contribution is 9.10. The molecule has 3 aromatic rings. The minimum atomic E-state index is -0.186. The van der Waals surface area contributed by atoms with Crippen molar-refractivity contribution >= 4 is 28.1 Å². The molecule has 0 unspecified atom stereocenters. The van der Waals surface area contributed by atoms with Gasteiger partial charge in [-0.15, -0.1) is 0 Å². The number of rotatable bonds is 8. The Morgan fingerprint density at radius 1 is 1.00 bits per heavy atom. The molecule has 0 saturated carbocycles. The molecule has 29 heavy (non-hydrogen) atoms. The van der Waals surface area contributed by atoms with Crippen LogP contribution in [-0.4, -0.2) is 19.2 Å². The van der Waals surface area contributed by atoms with Crippen LogP contribution in [0.4, 0.5) is 0 Å². The Morgan fingerprint density at radius 2 is 1.72 bits per heavy atom. The van der Waals surface area contributed by atoms with Crippen molar-refractivity contribution in [3.05, 3.63) is 94.0 Å². The zero-order valence-corrected chi connectivity index (χ0v) is 17.6. The van der Waals surface area contributed by atoms with Gasteiger partial charge in [0.15, 0.2) is 0 Å². The molecule has 0 aromatic heterocycles. The number of hydrogen-bond acceptors (Lipinski definition) is 4. The van der Waals surface area contributed by atoms with Crippen LogP contribution >= 0.6 is 15.9 Å². The molecule has 0 heterocycles. The fourth-order valence-corrected chi connectivity index (χ4v) is 2.84. The number of methoxy groups -OCH3 is 1. The number of nitrogens with zero attached hydrogens (tertiary/aromatic N) is 1. The molecule has 0 radical (unpaired) electrons. The van der Waals surface area contributed by atoms with Gasteiger partial charge < -0.3 is 9.47 Å². The average Bonchev–Trinajstić information content (AvgIpc) is 2.74. The zero-order chi connectivity index (χ0) is 20.5. The topological polar surface area (TPSA) is 59.9 Å². The van der Waals surface area contributed by atoms with Crippen LogP contribution in [0, 0.1) is 0 Å². The Hall–Kier alpha value is -3.12. The molecular weight excluding hydrogens is 432 g/mol. The van der Waals surface area contributed by atoms with Gasteiger partial charge in [0.05, 0.1) is 19.7 Å². The molecule has 0 aliphatic rings. The molecule has 0 saturated heterocycles. The zero-order valence-electron chi connectivity index (χ0n) is 16.0. The van der Waals surface area contributed by atoms with Crippen LogP contribution in [0.15, 0.2) is 82.4 Å². The molecule has 3 rings (SSSR count). The summed E-state index contributed by atoms with van der Waals surface area (Å²) >= 11 is 3.42. The quantitative estimate of drug-likeness (QED) is 0.396. The maximum atomic E-state index is 12.0. The van der Waals surface area contributed by atoms with E-state index in [9.17, 15) is 4.79 Å². The Bertz CT molecular complexity index is 970. The van der Waals surface area contributed by atoms with Gasteiger partial charge in [-0.05, 0) is 53.1 Å². The first-order valence-corrected chi connectivity index (χ1v) is 9.84. The van der Waals surface area contributed by atoms with E-state index < -0.39 is 0 Å². The molecule has 5 nitrogen and oxygen atoms in total. The van der Waals surface area contributed by atoms with Crippen molar-refractivity contribution in [3.63, 3.8) is 0 Å². The Labute approximate surface area is 178 Å². The van der Waals surface area contributed by atoms with Gasteiger partial charge in [0, 0.05) is 4.47 Å². The maximum Gasteiger partial charge on any atom is 0.244 e. The molecular formula is C23H21BrN2O3. The third kappa shape index (κ3) is 6.76. The second-order valence-electron chi connectivity index (χ2n) is 6.31. The summed E-state index contributed by atoms with van der Waals surface area (Å²) in [5.74, 6) is 1.31. The van der Waals surface area contributed by atoms with Crippen molar-refractivity contribution in [2.75, 3.05) is 7.11 Å². The van der Waals surface area contributed by atoms with E-state index in [0.29, 0.717) is 6.61 Å². The van der Waals surface area contributed by atoms with E-state index in [-0.39, 0.29) is 12.3 Å². The van der Waals surface area contributed by atoms with Crippen LogP contribution in [-0.2, 0) is 17.8 Å². The Balaban J connectivity index is 1.50. The van der Waals surface area contributed by atoms with Gasteiger partial charge in [-0.1, -0.05) is 52.3 Å². The molecule has 3 aromatic carbocycles. The van der Waals surface area contributed by atoms with Gasteiger partial charge in [0.2, 0.25) is 5.91 Å². The van der Waals surface area contributed by atoms with Gasteiger partial charge in [-0.2, -0.15) is 5.10 Å². The lowest BCUT2D eigenvalue weighted by atomic mass is 10.1. The predicted octanol–water partition coefficient (Wildman–Crippen LogP) is 4.73. The van der Waals surface area contributed by atoms with Gasteiger partial charge in [0.1, 0.15) is 18.1 Å². The minimum absolute atomic E-state index is 0.186. The lowest BCUT2D eigenvalue weighted by Crippen LogP contribution is -2.19. The summed E-state index contributed by atoms with van der Waals surface area (Å²) in [6, 6.07) is 22.9. The second-order valence-corrected chi connectivity index (χ2v) is 7.22. The summed E-state index contributed by atoms with van der Waals surface area (Å²) < 4.78 is 12.0. The van der Waals surface area contributed by atoms with Crippen molar-refractivity contribution in [2.45, 2.75) is 13.0 Å². The Morgan fingerprint density at radius 3 is 2.45 bits per heavy atom. The molecule has 0 aliphatic carbocycles. The summed E-state index contributed by atoms with van der Waals surface area (Å²) in [6.45, 7) is 0.479. The van der Waals surface area contributed by atoms with Crippen molar-refractivity contribution < 1.29 is 14.3 Å². The first-order chi connectivity index (χ1) is 14.1. The van der Waals surface area contributed by atoms with E-state index in [1.807, 2.05) is 72.8 Å². The van der Waals surface area contributed by atoms with Gasteiger partial charge >= 0.3 is 0 Å². The fourth-order valence-electron chi connectivity index (χ4n) is 2.58. The molecule has 0 fully saturated rings. The van der Waals surface area contributed by atoms with Crippen molar-refractivity contribution in [1.29, 1.82) is 0 Å². The van der Waals surface area contributed by atoms with Crippen LogP contribution in [0.5, 0.6) is 11.5 Å². The molecule has 148 valence electrons. The maximum absolute atomic E-state index is 12.0. The highest BCUT2D eigenvalue weighted by atomic mass is 79.9. The van der Waals surface area contributed by atoms with E-state index >= 15 is 0 Å². The summed E-state index contributed by atoms with van der Waals surface area (Å²) in [7, 11) is 1.61. The lowest BCUT2D eigenvalue weighted by molar-refractivity contribution is -0.120. The first-order valence-electron chi connectivity index (χ1n) is 9.04. The number of ether oxygens (including phenoxy) is 2. The number of carbonyl (C=O) groups is 1. The van der Waals surface area contributed by atoms with E-state index in [4.69, 9.17) is 9.47 Å². The summed E-state index contributed by atoms with van der Waals surface area (Å²) in [6.07, 6.45) is 1.84. The number of amides is 1. The average molecular weight is 453 g/mol. The monoisotopic (exact) mass is 452 g/mol. The number of halogens is 1. The molecule has 0 atom stereocenters. The third-order valence-corrected chi connectivity index (χ3v) is 4.63. The van der Waals surface area contributed by atoms with Gasteiger partial charge in [-0.3, -0.25) is 4.79 Å². The summed E-state index contributed by atoms with van der Waals surface area (Å²) in [5.41, 5.74) is 5.35. The third-order valence-electron chi connectivity index (χ3n) is 4.10. The van der Waals surface area contributed by atoms with E-state index in [2.05, 4.69) is 26.5 Å². The highest BCUT2D eigenvalue weighted by Gasteiger charge is 2.03. The fraction of sp³-hybridized carbons (Fsp3) is 0.130. The van der Waals surface area contributed by atoms with Crippen LogP contribution in [0.2, 0.25) is 0 Å². The predicted molar refractivity (Wildman–Crippen MR) is 117 cm³/mol. The van der Waals surface area contributed by atoms with Crippen molar-refractivity contribution in [1.82, 2.24) is 5.43 Å². The number of carbonyl (C=O) groups excluding carboxylic acids is 1. The summed E-state index contributed by atoms with van der Waals surface area (Å²) in [4.78, 5) is 12.0. The van der Waals surface area contributed by atoms with E-state index in [1.54, 1.807) is 13.3 Å². The molecule has 1 N–H and O–H groups in total. The largest absolute Gasteiger partial charge is 0.497 e. The van der Waals surface area contributed by atoms with Gasteiger partial charge in [0.25, 0.3) is 0 Å². The van der Waals surface area contributed by atoms with Crippen molar-refractivity contribution in [3.8, 4) is 11.5 Å². The second kappa shape index (κ2) is 10.4. The normalized spacial score (nSPS) is 10.7. The van der Waals surface area contributed by atoms with E-state index in [1.165, 1.54) is 0 Å². The number of benzene rings is 3.